The minimum atomic E-state index is -0.594. The number of hydrogen-bond donors (Lipinski definition) is 3. The SMILES string of the molecule is COc1ccc(Cl)cc1NC(=O)C(Sc1ccc(NC(=O)/C(=C/c2cccs2)NC(=O)c2ccccc2)cc1)c1ccccc1. The average Bonchev–Trinajstić information content (AvgIpc) is 3.58. The number of amides is 3. The summed E-state index contributed by atoms with van der Waals surface area (Å²) in [6.45, 7) is 0. The van der Waals surface area contributed by atoms with Crippen LogP contribution in [0.25, 0.3) is 6.08 Å². The number of benzene rings is 4. The first-order valence-corrected chi connectivity index (χ1v) is 15.9. The number of ether oxygens (including phenoxy) is 1. The van der Waals surface area contributed by atoms with Gasteiger partial charge in [0.1, 0.15) is 16.7 Å². The van der Waals surface area contributed by atoms with Gasteiger partial charge in [-0.05, 0) is 77.7 Å². The van der Waals surface area contributed by atoms with Gasteiger partial charge in [-0.15, -0.1) is 23.1 Å². The van der Waals surface area contributed by atoms with Crippen LogP contribution in [0.3, 0.4) is 0 Å². The first kappa shape index (κ1) is 31.6. The van der Waals surface area contributed by atoms with Crippen molar-refractivity contribution in [1.29, 1.82) is 0 Å². The van der Waals surface area contributed by atoms with E-state index in [2.05, 4.69) is 16.0 Å². The Morgan fingerprint density at radius 3 is 2.22 bits per heavy atom. The first-order valence-electron chi connectivity index (χ1n) is 13.8. The molecule has 0 aliphatic rings. The normalized spacial score (nSPS) is 11.7. The molecule has 0 aliphatic heterocycles. The van der Waals surface area contributed by atoms with Gasteiger partial charge in [0.15, 0.2) is 0 Å². The molecule has 3 N–H and O–H groups in total. The number of carbonyl (C=O) groups excluding carboxylic acids is 3. The zero-order valence-electron chi connectivity index (χ0n) is 24.0. The Kier molecular flexibility index (Phi) is 10.7. The zero-order chi connectivity index (χ0) is 31.6. The maximum absolute atomic E-state index is 13.6. The lowest BCUT2D eigenvalue weighted by atomic mass is 10.1. The number of nitrogens with one attached hydrogen (secondary N) is 3. The lowest BCUT2D eigenvalue weighted by molar-refractivity contribution is -0.116. The summed E-state index contributed by atoms with van der Waals surface area (Å²) >= 11 is 8.99. The van der Waals surface area contributed by atoms with E-state index >= 15 is 0 Å². The molecule has 0 saturated heterocycles. The fraction of sp³-hybridized carbons (Fsp3) is 0.0571. The van der Waals surface area contributed by atoms with Gasteiger partial charge in [0.25, 0.3) is 11.8 Å². The molecule has 5 rings (SSSR count). The molecule has 4 aromatic carbocycles. The highest BCUT2D eigenvalue weighted by molar-refractivity contribution is 8.00. The van der Waals surface area contributed by atoms with Crippen LogP contribution in [-0.2, 0) is 9.59 Å². The summed E-state index contributed by atoms with van der Waals surface area (Å²) in [5.74, 6) is -0.607. The molecule has 1 atom stereocenters. The Morgan fingerprint density at radius 1 is 0.844 bits per heavy atom. The molecule has 5 aromatic rings. The van der Waals surface area contributed by atoms with Crippen molar-refractivity contribution in [1.82, 2.24) is 5.32 Å². The topological polar surface area (TPSA) is 96.5 Å². The molecule has 45 heavy (non-hydrogen) atoms. The van der Waals surface area contributed by atoms with E-state index in [0.717, 1.165) is 15.3 Å². The summed E-state index contributed by atoms with van der Waals surface area (Å²) in [4.78, 5) is 41.4. The molecular weight excluding hydrogens is 626 g/mol. The molecule has 0 fully saturated rings. The van der Waals surface area contributed by atoms with Crippen LogP contribution in [0.5, 0.6) is 5.75 Å². The smallest absolute Gasteiger partial charge is 0.272 e. The van der Waals surface area contributed by atoms with Crippen molar-refractivity contribution < 1.29 is 19.1 Å². The molecular formula is C35H28ClN3O4S2. The molecule has 3 amide bonds. The zero-order valence-corrected chi connectivity index (χ0v) is 26.4. The predicted molar refractivity (Wildman–Crippen MR) is 183 cm³/mol. The van der Waals surface area contributed by atoms with Crippen LogP contribution in [0, 0.1) is 0 Å². The van der Waals surface area contributed by atoms with Crippen molar-refractivity contribution in [2.24, 2.45) is 0 Å². The molecule has 0 aliphatic carbocycles. The second kappa shape index (κ2) is 15.3. The minimum absolute atomic E-state index is 0.113. The van der Waals surface area contributed by atoms with E-state index in [0.29, 0.717) is 27.7 Å². The van der Waals surface area contributed by atoms with Crippen molar-refractivity contribution in [2.75, 3.05) is 17.7 Å². The van der Waals surface area contributed by atoms with Gasteiger partial charge in [-0.25, -0.2) is 0 Å². The van der Waals surface area contributed by atoms with Gasteiger partial charge < -0.3 is 20.7 Å². The van der Waals surface area contributed by atoms with Crippen molar-refractivity contribution in [2.45, 2.75) is 10.1 Å². The number of rotatable bonds is 11. The lowest BCUT2D eigenvalue weighted by Crippen LogP contribution is -2.30. The Bertz CT molecular complexity index is 1800. The van der Waals surface area contributed by atoms with Crippen LogP contribution in [-0.4, -0.2) is 24.8 Å². The Hall–Kier alpha value is -4.83. The molecule has 226 valence electrons. The third-order valence-corrected chi connectivity index (χ3v) is 8.81. The fourth-order valence-corrected chi connectivity index (χ4v) is 6.14. The average molecular weight is 654 g/mol. The van der Waals surface area contributed by atoms with Gasteiger partial charge in [0, 0.05) is 26.0 Å². The van der Waals surface area contributed by atoms with Gasteiger partial charge in [0.05, 0.1) is 12.8 Å². The van der Waals surface area contributed by atoms with Gasteiger partial charge in [-0.3, -0.25) is 14.4 Å². The summed E-state index contributed by atoms with van der Waals surface area (Å²) in [6.07, 6.45) is 1.64. The summed E-state index contributed by atoms with van der Waals surface area (Å²) in [5.41, 5.74) is 2.37. The van der Waals surface area contributed by atoms with E-state index in [1.807, 2.05) is 66.0 Å². The maximum Gasteiger partial charge on any atom is 0.272 e. The highest BCUT2D eigenvalue weighted by Crippen LogP contribution is 2.38. The number of thioether (sulfide) groups is 1. The molecule has 0 spiro atoms. The lowest BCUT2D eigenvalue weighted by Gasteiger charge is -2.18. The number of carbonyl (C=O) groups is 3. The number of halogens is 1. The van der Waals surface area contributed by atoms with Crippen LogP contribution >= 0.6 is 34.7 Å². The monoisotopic (exact) mass is 653 g/mol. The number of anilines is 2. The van der Waals surface area contributed by atoms with Crippen LogP contribution in [0.4, 0.5) is 11.4 Å². The highest BCUT2D eigenvalue weighted by Gasteiger charge is 2.24. The van der Waals surface area contributed by atoms with Gasteiger partial charge in [-0.1, -0.05) is 66.2 Å². The highest BCUT2D eigenvalue weighted by atomic mass is 35.5. The van der Waals surface area contributed by atoms with E-state index in [9.17, 15) is 14.4 Å². The maximum atomic E-state index is 13.6. The summed E-state index contributed by atoms with van der Waals surface area (Å²) in [6, 6.07) is 34.1. The number of methoxy groups -OCH3 is 1. The van der Waals surface area contributed by atoms with E-state index in [-0.39, 0.29) is 17.5 Å². The molecule has 0 bridgehead atoms. The minimum Gasteiger partial charge on any atom is -0.495 e. The number of thiophene rings is 1. The molecule has 1 unspecified atom stereocenters. The Morgan fingerprint density at radius 2 is 1.56 bits per heavy atom. The predicted octanol–water partition coefficient (Wildman–Crippen LogP) is 8.29. The van der Waals surface area contributed by atoms with Crippen LogP contribution in [0.2, 0.25) is 5.02 Å². The second-order valence-corrected chi connectivity index (χ2v) is 12.2. The second-order valence-electron chi connectivity index (χ2n) is 9.61. The largest absolute Gasteiger partial charge is 0.495 e. The quantitative estimate of drug-likeness (QED) is 0.0985. The first-order chi connectivity index (χ1) is 21.9. The fourth-order valence-electron chi connectivity index (χ4n) is 4.29. The molecule has 0 saturated carbocycles. The third kappa shape index (κ3) is 8.63. The van der Waals surface area contributed by atoms with Crippen LogP contribution in [0.15, 0.2) is 131 Å². The van der Waals surface area contributed by atoms with Crippen molar-refractivity contribution >= 4 is 69.9 Å². The van der Waals surface area contributed by atoms with Gasteiger partial charge >= 0.3 is 0 Å². The van der Waals surface area contributed by atoms with E-state index in [1.54, 1.807) is 60.7 Å². The summed E-state index contributed by atoms with van der Waals surface area (Å²) < 4.78 is 5.40. The van der Waals surface area contributed by atoms with Gasteiger partial charge in [-0.2, -0.15) is 0 Å². The van der Waals surface area contributed by atoms with E-state index in [4.69, 9.17) is 16.3 Å². The van der Waals surface area contributed by atoms with Crippen molar-refractivity contribution in [3.63, 3.8) is 0 Å². The molecule has 1 aromatic heterocycles. The van der Waals surface area contributed by atoms with Crippen molar-refractivity contribution in [3.8, 4) is 5.75 Å². The third-order valence-electron chi connectivity index (χ3n) is 6.48. The number of hydrogen-bond acceptors (Lipinski definition) is 6. The molecule has 1 heterocycles. The van der Waals surface area contributed by atoms with E-state index in [1.165, 1.54) is 30.2 Å². The molecule has 10 heteroatoms. The molecule has 0 radical (unpaired) electrons. The standard InChI is InChI=1S/C35H28ClN3O4S2/c1-43-31-19-14-25(36)21-29(31)38-35(42)32(23-9-4-2-5-10-23)45-27-17-15-26(16-18-27)37-34(41)30(22-28-13-8-20-44-28)39-33(40)24-11-6-3-7-12-24/h2-22,32H,1H3,(H,37,41)(H,38,42)(H,39,40)/b30-22-. The van der Waals surface area contributed by atoms with Crippen LogP contribution < -0.4 is 20.7 Å². The van der Waals surface area contributed by atoms with Crippen LogP contribution in [0.1, 0.15) is 26.0 Å². The molecule has 7 nitrogen and oxygen atoms in total. The van der Waals surface area contributed by atoms with Crippen molar-refractivity contribution in [3.05, 3.63) is 147 Å². The summed E-state index contributed by atoms with van der Waals surface area (Å²) in [5, 5.41) is 10.3. The summed E-state index contributed by atoms with van der Waals surface area (Å²) in [7, 11) is 1.53. The Labute approximate surface area is 274 Å². The van der Waals surface area contributed by atoms with E-state index < -0.39 is 11.2 Å². The Balaban J connectivity index is 1.32. The van der Waals surface area contributed by atoms with Gasteiger partial charge in [0.2, 0.25) is 5.91 Å².